The van der Waals surface area contributed by atoms with E-state index in [1.807, 2.05) is 42.5 Å². The second-order valence-corrected chi connectivity index (χ2v) is 14.7. The van der Waals surface area contributed by atoms with Crippen molar-refractivity contribution in [3.05, 3.63) is 171 Å². The third-order valence-electron chi connectivity index (χ3n) is 8.95. The molecular formula is C45H32Cl4N6O4. The van der Waals surface area contributed by atoms with Crippen LogP contribution in [0.2, 0.25) is 20.1 Å². The van der Waals surface area contributed by atoms with Gasteiger partial charge in [0.2, 0.25) is 0 Å². The van der Waals surface area contributed by atoms with Crippen LogP contribution >= 0.6 is 46.4 Å². The van der Waals surface area contributed by atoms with Gasteiger partial charge in [-0.15, -0.1) is 0 Å². The van der Waals surface area contributed by atoms with Gasteiger partial charge in [-0.25, -0.2) is 14.8 Å². The molecule has 10 nitrogen and oxygen atoms in total. The molecule has 9 aromatic rings. The lowest BCUT2D eigenvalue weighted by atomic mass is 10.0. The molecule has 9 rings (SSSR count). The third-order valence-corrected chi connectivity index (χ3v) is 9.97. The summed E-state index contributed by atoms with van der Waals surface area (Å²) in [6, 6.07) is 41.2. The Kier molecular flexibility index (Phi) is 12.3. The minimum absolute atomic E-state index is 0.234. The molecule has 0 unspecified atom stereocenters. The Labute approximate surface area is 357 Å². The number of fused-ring (bicyclic) bond motifs is 3. The number of hydrogen-bond donors (Lipinski definition) is 5. The van der Waals surface area contributed by atoms with Gasteiger partial charge >= 0.3 is 5.97 Å². The quantitative estimate of drug-likeness (QED) is 0.104. The van der Waals surface area contributed by atoms with Crippen LogP contribution in [0.15, 0.2) is 140 Å². The molecule has 294 valence electrons. The summed E-state index contributed by atoms with van der Waals surface area (Å²) in [6.07, 6.45) is 0. The number of hydrogen-bond acceptors (Lipinski definition) is 6. The first-order valence-electron chi connectivity index (χ1n) is 17.8. The molecule has 14 heteroatoms. The number of halogens is 4. The van der Waals surface area contributed by atoms with Crippen molar-refractivity contribution in [2.45, 2.75) is 0 Å². The number of aromatic carboxylic acids is 1. The zero-order valence-corrected chi connectivity index (χ0v) is 34.0. The number of carboxylic acids is 1. The Morgan fingerprint density at radius 1 is 0.627 bits per heavy atom. The largest absolute Gasteiger partial charge is 0.496 e. The molecule has 59 heavy (non-hydrogen) atoms. The van der Waals surface area contributed by atoms with Crippen molar-refractivity contribution in [2.75, 3.05) is 18.2 Å². The molecule has 0 fully saturated rings. The summed E-state index contributed by atoms with van der Waals surface area (Å²) in [5.41, 5.74) is 12.0. The number of nitrogens with zero attached hydrogens (tertiary/aromatic N) is 2. The van der Waals surface area contributed by atoms with Gasteiger partial charge in [-0.3, -0.25) is 4.79 Å². The van der Waals surface area contributed by atoms with Crippen molar-refractivity contribution in [2.24, 2.45) is 0 Å². The van der Waals surface area contributed by atoms with Gasteiger partial charge in [0.1, 0.15) is 17.4 Å². The molecule has 0 spiro atoms. The lowest BCUT2D eigenvalue weighted by Gasteiger charge is -2.08. The van der Waals surface area contributed by atoms with E-state index in [4.69, 9.17) is 62.0 Å². The number of nitrogens with one attached hydrogen (secondary N) is 3. The zero-order valence-electron chi connectivity index (χ0n) is 30.9. The Hall–Kier alpha value is -6.56. The number of methoxy groups -OCH3 is 1. The average Bonchev–Trinajstić information content (AvgIpc) is 3.85. The maximum Gasteiger partial charge on any atom is 0.335 e. The molecule has 0 radical (unpaired) electrons. The average molecular weight is 863 g/mol. The summed E-state index contributed by atoms with van der Waals surface area (Å²) < 4.78 is 5.42. The van der Waals surface area contributed by atoms with E-state index in [9.17, 15) is 9.59 Å². The van der Waals surface area contributed by atoms with E-state index in [0.29, 0.717) is 54.2 Å². The van der Waals surface area contributed by atoms with E-state index in [1.54, 1.807) is 104 Å². The van der Waals surface area contributed by atoms with Crippen LogP contribution in [0, 0.1) is 0 Å². The molecule has 0 saturated heterocycles. The molecule has 0 atom stereocenters. The van der Waals surface area contributed by atoms with Gasteiger partial charge in [-0.05, 0) is 109 Å². The number of carbonyl (C=O) groups is 2. The Morgan fingerprint density at radius 2 is 1.22 bits per heavy atom. The van der Waals surface area contributed by atoms with Gasteiger partial charge in [-0.1, -0.05) is 82.8 Å². The van der Waals surface area contributed by atoms with Crippen molar-refractivity contribution in [3.63, 3.8) is 0 Å². The summed E-state index contributed by atoms with van der Waals surface area (Å²) >= 11 is 23.7. The number of aromatic amines is 2. The predicted octanol–water partition coefficient (Wildman–Crippen LogP) is 12.5. The van der Waals surface area contributed by atoms with Crippen molar-refractivity contribution in [1.82, 2.24) is 19.9 Å². The second kappa shape index (κ2) is 17.9. The van der Waals surface area contributed by atoms with Crippen LogP contribution in [0.4, 0.5) is 11.4 Å². The highest BCUT2D eigenvalue weighted by atomic mass is 35.5. The molecule has 2 aromatic heterocycles. The first kappa shape index (κ1) is 40.6. The summed E-state index contributed by atoms with van der Waals surface area (Å²) in [7, 11) is 1.65. The van der Waals surface area contributed by atoms with Gasteiger partial charge in [0, 0.05) is 48.5 Å². The molecule has 6 N–H and O–H groups in total. The van der Waals surface area contributed by atoms with E-state index < -0.39 is 5.97 Å². The molecule has 0 aliphatic rings. The molecule has 1 amide bonds. The van der Waals surface area contributed by atoms with Gasteiger partial charge in [0.25, 0.3) is 5.91 Å². The number of aromatic nitrogens is 4. The summed E-state index contributed by atoms with van der Waals surface area (Å²) in [5.74, 6) is 0.923. The standard InChI is InChI=1S/C20H12Cl3N3O.C19H14N2O3.C6H6ClN/c21-12-2-1-3-14(9-12)24-20(27)11-4-7-17-18(8-11)26-19(25-17)15-6-5-13(22)10-16(15)23;1-24-17-9-7-14(12-4-2-3-5-13(12)17)18-20-15-8-6-11(19(22)23)10-16(15)21-18;7-5-2-1-3-6(8)4-5/h1-10H,(H,24,27)(H,25,26);2-10H,1H3,(H,20,21)(H,22,23);1-4H,8H2. The number of benzene rings is 7. The molecule has 0 aliphatic heterocycles. The monoisotopic (exact) mass is 860 g/mol. The van der Waals surface area contributed by atoms with Crippen molar-refractivity contribution < 1.29 is 19.4 Å². The topological polar surface area (TPSA) is 159 Å². The summed E-state index contributed by atoms with van der Waals surface area (Å²) in [6.45, 7) is 0. The maximum atomic E-state index is 12.5. The van der Waals surface area contributed by atoms with Gasteiger partial charge in [-0.2, -0.15) is 0 Å². The number of amides is 1. The van der Waals surface area contributed by atoms with Crippen LogP contribution in [0.3, 0.4) is 0 Å². The molecule has 2 heterocycles. The van der Waals surface area contributed by atoms with E-state index in [-0.39, 0.29) is 11.5 Å². The number of carboxylic acid groups (broad SMARTS) is 1. The Morgan fingerprint density at radius 3 is 1.83 bits per heavy atom. The molecule has 0 saturated carbocycles. The first-order valence-corrected chi connectivity index (χ1v) is 19.3. The third kappa shape index (κ3) is 9.60. The number of ether oxygens (including phenoxy) is 1. The number of anilines is 2. The number of carbonyl (C=O) groups excluding carboxylic acids is 1. The fourth-order valence-corrected chi connectivity index (χ4v) is 7.05. The van der Waals surface area contributed by atoms with Crippen LogP contribution in [-0.4, -0.2) is 44.0 Å². The molecule has 7 aromatic carbocycles. The SMILES string of the molecule is COc1ccc(-c2nc3ccc(C(=O)O)cc3[nH]2)c2ccccc12.Nc1cccc(Cl)c1.O=C(Nc1cccc(Cl)c1)c1ccc2nc(-c3ccc(Cl)cc3Cl)[nH]c2c1. The summed E-state index contributed by atoms with van der Waals surface area (Å²) in [4.78, 5) is 39.2. The fourth-order valence-electron chi connectivity index (χ4n) is 6.16. The number of H-pyrrole nitrogens is 2. The smallest absolute Gasteiger partial charge is 0.335 e. The van der Waals surface area contributed by atoms with Crippen LogP contribution < -0.4 is 15.8 Å². The highest BCUT2D eigenvalue weighted by Crippen LogP contribution is 2.34. The minimum atomic E-state index is -0.956. The van der Waals surface area contributed by atoms with Crippen LogP contribution in [0.5, 0.6) is 5.75 Å². The molecule has 0 bridgehead atoms. The maximum absolute atomic E-state index is 12.5. The number of rotatable bonds is 6. The van der Waals surface area contributed by atoms with E-state index >= 15 is 0 Å². The van der Waals surface area contributed by atoms with E-state index in [0.717, 1.165) is 44.2 Å². The van der Waals surface area contributed by atoms with Crippen molar-refractivity contribution >= 4 is 102 Å². The number of imidazole rings is 2. The highest BCUT2D eigenvalue weighted by molar-refractivity contribution is 6.36. The number of nitrogens with two attached hydrogens (primary N) is 1. The Balaban J connectivity index is 0.000000152. The lowest BCUT2D eigenvalue weighted by molar-refractivity contribution is 0.0696. The van der Waals surface area contributed by atoms with Gasteiger partial charge in [0.15, 0.2) is 0 Å². The van der Waals surface area contributed by atoms with Gasteiger partial charge in [0.05, 0.1) is 39.8 Å². The lowest BCUT2D eigenvalue weighted by Crippen LogP contribution is -2.11. The van der Waals surface area contributed by atoms with Crippen molar-refractivity contribution in [1.29, 1.82) is 0 Å². The fraction of sp³-hybridized carbons (Fsp3) is 0.0222. The van der Waals surface area contributed by atoms with E-state index in [2.05, 4.69) is 25.3 Å². The van der Waals surface area contributed by atoms with Crippen LogP contribution in [0.25, 0.3) is 55.6 Å². The van der Waals surface area contributed by atoms with E-state index in [1.165, 1.54) is 0 Å². The second-order valence-electron chi connectivity index (χ2n) is 12.9. The van der Waals surface area contributed by atoms with Crippen LogP contribution in [-0.2, 0) is 0 Å². The summed E-state index contributed by atoms with van der Waals surface area (Å²) in [5, 5.41) is 16.3. The van der Waals surface area contributed by atoms with Crippen molar-refractivity contribution in [3.8, 4) is 28.5 Å². The minimum Gasteiger partial charge on any atom is -0.496 e. The Bertz CT molecular complexity index is 2990. The zero-order chi connectivity index (χ0) is 41.6. The normalized spacial score (nSPS) is 10.7. The molecule has 0 aliphatic carbocycles. The first-order chi connectivity index (χ1) is 28.4. The van der Waals surface area contributed by atoms with Gasteiger partial charge < -0.3 is 30.9 Å². The predicted molar refractivity (Wildman–Crippen MR) is 239 cm³/mol. The molecular weight excluding hydrogens is 830 g/mol. The highest BCUT2D eigenvalue weighted by Gasteiger charge is 2.15. The van der Waals surface area contributed by atoms with Crippen LogP contribution in [0.1, 0.15) is 20.7 Å². The number of nitrogen functional groups attached to an aromatic ring is 1.